The first-order valence-electron chi connectivity index (χ1n) is 7.08. The molecule has 0 aliphatic heterocycles. The molecule has 1 aromatic carbocycles. The number of furan rings is 1. The average Bonchev–Trinajstić information content (AvgIpc) is 3.04. The summed E-state index contributed by atoms with van der Waals surface area (Å²) in [6.45, 7) is 0.538. The Kier molecular flexibility index (Phi) is 6.25. The van der Waals surface area contributed by atoms with E-state index in [1.807, 2.05) is 0 Å². The van der Waals surface area contributed by atoms with Crippen LogP contribution in [0, 0.1) is 0 Å². The van der Waals surface area contributed by atoms with Gasteiger partial charge in [0.2, 0.25) is 0 Å². The average molecular weight is 397 g/mol. The van der Waals surface area contributed by atoms with Crippen molar-refractivity contribution < 1.29 is 23.5 Å². The fourth-order valence-corrected chi connectivity index (χ4v) is 2.22. The molecule has 1 aromatic heterocycles. The van der Waals surface area contributed by atoms with Gasteiger partial charge >= 0.3 is 0 Å². The fraction of sp³-hybridized carbons (Fsp3) is 0.250. The molecule has 2 aromatic rings. The van der Waals surface area contributed by atoms with Crippen LogP contribution in [0.4, 0.5) is 0 Å². The molecule has 2 rings (SSSR count). The van der Waals surface area contributed by atoms with E-state index in [2.05, 4.69) is 26.6 Å². The lowest BCUT2D eigenvalue weighted by atomic mass is 10.2. The minimum Gasteiger partial charge on any atom is -0.497 e. The molecule has 128 valence electrons. The van der Waals surface area contributed by atoms with Gasteiger partial charge in [-0.05, 0) is 40.2 Å². The standard InChI is InChI=1S/C16H17BrN2O5/c1-22-11-7-10(8-12(9-11)23-2)15(20)18-5-6-19-16(21)13-3-4-14(17)24-13/h3-4,7-9H,5-6H2,1-2H3,(H,18,20)(H,19,21). The van der Waals surface area contributed by atoms with E-state index in [-0.39, 0.29) is 30.7 Å². The molecule has 0 saturated heterocycles. The van der Waals surface area contributed by atoms with Crippen molar-refractivity contribution in [3.05, 3.63) is 46.3 Å². The summed E-state index contributed by atoms with van der Waals surface area (Å²) in [6, 6.07) is 8.08. The van der Waals surface area contributed by atoms with Crippen molar-refractivity contribution in [3.63, 3.8) is 0 Å². The van der Waals surface area contributed by atoms with Gasteiger partial charge in [0.15, 0.2) is 10.4 Å². The molecule has 0 radical (unpaired) electrons. The Hall–Kier alpha value is -2.48. The monoisotopic (exact) mass is 396 g/mol. The maximum Gasteiger partial charge on any atom is 0.287 e. The molecule has 7 nitrogen and oxygen atoms in total. The minimum atomic E-state index is -0.349. The number of hydrogen-bond acceptors (Lipinski definition) is 5. The van der Waals surface area contributed by atoms with Crippen molar-refractivity contribution in [2.24, 2.45) is 0 Å². The fourth-order valence-electron chi connectivity index (χ4n) is 1.92. The van der Waals surface area contributed by atoms with Crippen molar-refractivity contribution in [1.29, 1.82) is 0 Å². The summed E-state index contributed by atoms with van der Waals surface area (Å²) in [5.41, 5.74) is 0.410. The summed E-state index contributed by atoms with van der Waals surface area (Å²) in [6.07, 6.45) is 0. The Labute approximate surface area is 147 Å². The predicted molar refractivity (Wildman–Crippen MR) is 90.6 cm³/mol. The third kappa shape index (κ3) is 4.76. The van der Waals surface area contributed by atoms with Crippen LogP contribution in [-0.4, -0.2) is 39.1 Å². The maximum absolute atomic E-state index is 12.1. The Morgan fingerprint density at radius 3 is 2.08 bits per heavy atom. The van der Waals surface area contributed by atoms with Crippen LogP contribution in [0.25, 0.3) is 0 Å². The second-order valence-corrected chi connectivity index (χ2v) is 5.50. The van der Waals surface area contributed by atoms with Gasteiger partial charge in [-0.2, -0.15) is 0 Å². The van der Waals surface area contributed by atoms with Gasteiger partial charge < -0.3 is 24.5 Å². The highest BCUT2D eigenvalue weighted by Crippen LogP contribution is 2.22. The summed E-state index contributed by atoms with van der Waals surface area (Å²) >= 11 is 3.13. The summed E-state index contributed by atoms with van der Waals surface area (Å²) < 4.78 is 15.9. The number of carbonyl (C=O) groups excluding carboxylic acids is 2. The Morgan fingerprint density at radius 1 is 1.00 bits per heavy atom. The van der Waals surface area contributed by atoms with E-state index >= 15 is 0 Å². The lowest BCUT2D eigenvalue weighted by Crippen LogP contribution is -2.34. The van der Waals surface area contributed by atoms with Gasteiger partial charge in [-0.1, -0.05) is 0 Å². The molecule has 0 spiro atoms. The zero-order chi connectivity index (χ0) is 17.5. The minimum absolute atomic E-state index is 0.200. The number of ether oxygens (including phenoxy) is 2. The van der Waals surface area contributed by atoms with E-state index < -0.39 is 0 Å². The lowest BCUT2D eigenvalue weighted by molar-refractivity contribution is 0.0909. The van der Waals surface area contributed by atoms with E-state index in [1.54, 1.807) is 30.3 Å². The highest BCUT2D eigenvalue weighted by atomic mass is 79.9. The third-order valence-corrected chi connectivity index (χ3v) is 3.53. The summed E-state index contributed by atoms with van der Waals surface area (Å²) in [4.78, 5) is 23.9. The van der Waals surface area contributed by atoms with Crippen molar-refractivity contribution in [2.45, 2.75) is 0 Å². The molecular formula is C16H17BrN2O5. The Balaban J connectivity index is 1.84. The summed E-state index contributed by atoms with van der Waals surface area (Å²) in [5.74, 6) is 0.610. The molecule has 0 unspecified atom stereocenters. The van der Waals surface area contributed by atoms with E-state index in [1.165, 1.54) is 14.2 Å². The third-order valence-electron chi connectivity index (χ3n) is 3.11. The predicted octanol–water partition coefficient (Wildman–Crippen LogP) is 2.22. The van der Waals surface area contributed by atoms with Gasteiger partial charge in [-0.25, -0.2) is 0 Å². The molecule has 2 amide bonds. The van der Waals surface area contributed by atoms with E-state index in [0.29, 0.717) is 21.7 Å². The second kappa shape index (κ2) is 8.39. The van der Waals surface area contributed by atoms with Crippen molar-refractivity contribution in [3.8, 4) is 11.5 Å². The number of rotatable bonds is 7. The highest BCUT2D eigenvalue weighted by Gasteiger charge is 2.11. The first kappa shape index (κ1) is 17.9. The lowest BCUT2D eigenvalue weighted by Gasteiger charge is -2.09. The second-order valence-electron chi connectivity index (χ2n) is 4.72. The van der Waals surface area contributed by atoms with Crippen LogP contribution in [0.5, 0.6) is 11.5 Å². The van der Waals surface area contributed by atoms with Gasteiger partial charge in [0.25, 0.3) is 11.8 Å². The smallest absolute Gasteiger partial charge is 0.287 e. The SMILES string of the molecule is COc1cc(OC)cc(C(=O)NCCNC(=O)c2ccc(Br)o2)c1. The molecule has 8 heteroatoms. The molecule has 0 aliphatic carbocycles. The number of amides is 2. The number of methoxy groups -OCH3 is 2. The van der Waals surface area contributed by atoms with Gasteiger partial charge in [0, 0.05) is 24.7 Å². The number of nitrogens with one attached hydrogen (secondary N) is 2. The topological polar surface area (TPSA) is 89.8 Å². The van der Waals surface area contributed by atoms with Crippen LogP contribution in [0.15, 0.2) is 39.4 Å². The largest absolute Gasteiger partial charge is 0.497 e. The van der Waals surface area contributed by atoms with Crippen LogP contribution >= 0.6 is 15.9 Å². The highest BCUT2D eigenvalue weighted by molar-refractivity contribution is 9.10. The van der Waals surface area contributed by atoms with Crippen LogP contribution in [-0.2, 0) is 0 Å². The quantitative estimate of drug-likeness (QED) is 0.700. The van der Waals surface area contributed by atoms with Gasteiger partial charge in [0.05, 0.1) is 14.2 Å². The zero-order valence-electron chi connectivity index (χ0n) is 13.2. The van der Waals surface area contributed by atoms with Crippen LogP contribution in [0.2, 0.25) is 0 Å². The molecule has 0 saturated carbocycles. The van der Waals surface area contributed by atoms with Crippen LogP contribution < -0.4 is 20.1 Å². The number of benzene rings is 1. The molecule has 0 aliphatic rings. The number of carbonyl (C=O) groups is 2. The molecule has 24 heavy (non-hydrogen) atoms. The zero-order valence-corrected chi connectivity index (χ0v) is 14.8. The van der Waals surface area contributed by atoms with Crippen LogP contribution in [0.3, 0.4) is 0 Å². The first-order chi connectivity index (χ1) is 11.5. The van der Waals surface area contributed by atoms with Gasteiger partial charge in [-0.3, -0.25) is 9.59 Å². The van der Waals surface area contributed by atoms with E-state index in [4.69, 9.17) is 13.9 Å². The maximum atomic E-state index is 12.1. The normalized spacial score (nSPS) is 10.1. The van der Waals surface area contributed by atoms with Crippen molar-refractivity contribution in [1.82, 2.24) is 10.6 Å². The molecule has 0 atom stereocenters. The Bertz CT molecular complexity index is 707. The first-order valence-corrected chi connectivity index (χ1v) is 7.87. The molecular weight excluding hydrogens is 380 g/mol. The van der Waals surface area contributed by atoms with Crippen molar-refractivity contribution >= 4 is 27.7 Å². The Morgan fingerprint density at radius 2 is 1.58 bits per heavy atom. The molecule has 1 heterocycles. The molecule has 0 fully saturated rings. The van der Waals surface area contributed by atoms with Gasteiger partial charge in [0.1, 0.15) is 11.5 Å². The summed E-state index contributed by atoms with van der Waals surface area (Å²) in [5, 5.41) is 5.36. The number of halogens is 1. The van der Waals surface area contributed by atoms with E-state index in [9.17, 15) is 9.59 Å². The van der Waals surface area contributed by atoms with E-state index in [0.717, 1.165) is 0 Å². The summed E-state index contributed by atoms with van der Waals surface area (Å²) in [7, 11) is 3.03. The molecule has 2 N–H and O–H groups in total. The van der Waals surface area contributed by atoms with Gasteiger partial charge in [-0.15, -0.1) is 0 Å². The number of hydrogen-bond donors (Lipinski definition) is 2. The van der Waals surface area contributed by atoms with Crippen molar-refractivity contribution in [2.75, 3.05) is 27.3 Å². The van der Waals surface area contributed by atoms with Crippen LogP contribution in [0.1, 0.15) is 20.9 Å². The molecule has 0 bridgehead atoms.